The van der Waals surface area contributed by atoms with Crippen LogP contribution in [0, 0.1) is 12.3 Å². The molecule has 4 atom stereocenters. The Hall–Kier alpha value is -0.650. The normalized spacial score (nSPS) is 32.1. The summed E-state index contributed by atoms with van der Waals surface area (Å²) in [6.07, 6.45) is 3.43. The molecule has 0 aromatic carbocycles. The number of hydrogen-bond donors (Lipinski definition) is 1. The van der Waals surface area contributed by atoms with Gasteiger partial charge < -0.3 is 40.8 Å². The maximum absolute atomic E-state index is 11.9. The van der Waals surface area contributed by atoms with E-state index >= 15 is 0 Å². The van der Waals surface area contributed by atoms with Crippen molar-refractivity contribution in [3.05, 3.63) is 0 Å². The Labute approximate surface area is 129 Å². The number of esters is 1. The van der Waals surface area contributed by atoms with E-state index in [2.05, 4.69) is 5.92 Å². The summed E-state index contributed by atoms with van der Waals surface area (Å²) in [5, 5.41) is 9.59. The number of rotatable bonds is 4. The van der Waals surface area contributed by atoms with Crippen LogP contribution >= 0.6 is 0 Å². The van der Waals surface area contributed by atoms with Gasteiger partial charge in [0.1, 0.15) is 24.9 Å². The summed E-state index contributed by atoms with van der Waals surface area (Å²) < 4.78 is 16.5. The molecule has 2 aliphatic rings. The summed E-state index contributed by atoms with van der Waals surface area (Å²) in [5.41, 5.74) is 0. The van der Waals surface area contributed by atoms with Crippen LogP contribution in [0.2, 0.25) is 0 Å². The van der Waals surface area contributed by atoms with Crippen LogP contribution in [0.1, 0.15) is 0 Å². The minimum absolute atomic E-state index is 0. The van der Waals surface area contributed by atoms with E-state index in [1.807, 2.05) is 14.1 Å². The fourth-order valence-corrected chi connectivity index (χ4v) is 2.40. The zero-order valence-corrected chi connectivity index (χ0v) is 13.2. The van der Waals surface area contributed by atoms with E-state index in [9.17, 15) is 9.90 Å². The molecule has 0 aliphatic carbocycles. The zero-order valence-electron chi connectivity index (χ0n) is 11.6. The number of nitrogens with zero attached hydrogens (tertiary/aromatic N) is 1. The van der Waals surface area contributed by atoms with E-state index in [0.717, 1.165) is 0 Å². The van der Waals surface area contributed by atoms with Gasteiger partial charge in [-0.3, -0.25) is 0 Å². The van der Waals surface area contributed by atoms with Crippen molar-refractivity contribution in [1.29, 1.82) is 0 Å². The van der Waals surface area contributed by atoms with Crippen molar-refractivity contribution in [3.8, 4) is 12.3 Å². The van der Waals surface area contributed by atoms with E-state index in [0.29, 0.717) is 11.0 Å². The molecule has 20 heavy (non-hydrogen) atoms. The molecule has 0 bridgehead atoms. The second-order valence-electron chi connectivity index (χ2n) is 5.65. The minimum atomic E-state index is -0.637. The standard InChI is InChI=1S/C13H20NO5.BrH/c1-4-5-14(2,3)6-11(16)19-10-8-18-12-9(15)7-17-13(10)12;/h1,9-10,12-13,15H,5-8H2,2-3H3;1H/q+1;/p-1/t9-,10+,12+,13+;/m0./s1. The molecule has 7 heteroatoms. The van der Waals surface area contributed by atoms with Crippen LogP contribution in [0.15, 0.2) is 0 Å². The number of ether oxygens (including phenoxy) is 3. The highest BCUT2D eigenvalue weighted by molar-refractivity contribution is 5.71. The van der Waals surface area contributed by atoms with Crippen LogP contribution in [0.3, 0.4) is 0 Å². The average molecular weight is 350 g/mol. The van der Waals surface area contributed by atoms with E-state index in [4.69, 9.17) is 20.6 Å². The van der Waals surface area contributed by atoms with E-state index in [1.165, 1.54) is 0 Å². The van der Waals surface area contributed by atoms with E-state index in [-0.39, 0.29) is 54.9 Å². The van der Waals surface area contributed by atoms with Gasteiger partial charge in [-0.15, -0.1) is 6.42 Å². The number of terminal acetylenes is 1. The fourth-order valence-electron chi connectivity index (χ4n) is 2.40. The van der Waals surface area contributed by atoms with Gasteiger partial charge in [-0.25, -0.2) is 4.79 Å². The van der Waals surface area contributed by atoms with Gasteiger partial charge in [-0.05, 0) is 5.92 Å². The summed E-state index contributed by atoms with van der Waals surface area (Å²) in [7, 11) is 3.73. The predicted molar refractivity (Wildman–Crippen MR) is 66.0 cm³/mol. The highest BCUT2D eigenvalue weighted by Gasteiger charge is 2.49. The maximum Gasteiger partial charge on any atom is 0.362 e. The quantitative estimate of drug-likeness (QED) is 0.316. The molecule has 114 valence electrons. The number of hydrogen-bond acceptors (Lipinski definition) is 5. The number of carbonyl (C=O) groups is 1. The number of quaternary nitrogens is 1. The molecule has 6 nitrogen and oxygen atoms in total. The molecule has 0 radical (unpaired) electrons. The monoisotopic (exact) mass is 349 g/mol. The first-order valence-electron chi connectivity index (χ1n) is 6.29. The first-order valence-corrected chi connectivity index (χ1v) is 6.29. The summed E-state index contributed by atoms with van der Waals surface area (Å²) in [6.45, 7) is 1.14. The summed E-state index contributed by atoms with van der Waals surface area (Å²) >= 11 is 0. The molecular weight excluding hydrogens is 330 g/mol. The van der Waals surface area contributed by atoms with Crippen molar-refractivity contribution in [1.82, 2.24) is 0 Å². The second kappa shape index (κ2) is 6.87. The number of carbonyl (C=O) groups excluding carboxylic acids is 1. The first-order chi connectivity index (χ1) is 8.93. The molecule has 2 saturated heterocycles. The Morgan fingerprint density at radius 1 is 1.40 bits per heavy atom. The molecule has 0 aromatic rings. The first kappa shape index (κ1) is 17.4. The van der Waals surface area contributed by atoms with Crippen molar-refractivity contribution in [2.24, 2.45) is 0 Å². The molecule has 1 N–H and O–H groups in total. The minimum Gasteiger partial charge on any atom is -1.00 e. The second-order valence-corrected chi connectivity index (χ2v) is 5.65. The Bertz CT molecular complexity index is 395. The predicted octanol–water partition coefficient (Wildman–Crippen LogP) is -4.23. The Kier molecular flexibility index (Phi) is 5.98. The largest absolute Gasteiger partial charge is 1.00 e. The molecule has 0 saturated carbocycles. The molecule has 0 amide bonds. The molecule has 0 unspecified atom stereocenters. The molecule has 2 rings (SSSR count). The molecule has 0 spiro atoms. The van der Waals surface area contributed by atoms with Crippen LogP contribution in [0.25, 0.3) is 0 Å². The zero-order chi connectivity index (χ0) is 14.0. The Morgan fingerprint density at radius 3 is 2.70 bits per heavy atom. The third kappa shape index (κ3) is 3.93. The summed E-state index contributed by atoms with van der Waals surface area (Å²) in [5.74, 6) is 2.20. The maximum atomic E-state index is 11.9. The van der Waals surface area contributed by atoms with Crippen LogP contribution in [0.5, 0.6) is 0 Å². The van der Waals surface area contributed by atoms with Crippen molar-refractivity contribution in [3.63, 3.8) is 0 Å². The molecule has 0 aromatic heterocycles. The molecule has 2 aliphatic heterocycles. The van der Waals surface area contributed by atoms with Crippen molar-refractivity contribution in [2.45, 2.75) is 24.4 Å². The average Bonchev–Trinajstić information content (AvgIpc) is 2.83. The molecular formula is C13H20BrNO5. The van der Waals surface area contributed by atoms with Gasteiger partial charge >= 0.3 is 5.97 Å². The summed E-state index contributed by atoms with van der Waals surface area (Å²) in [4.78, 5) is 11.9. The highest BCUT2D eigenvalue weighted by Crippen LogP contribution is 2.28. The lowest BCUT2D eigenvalue weighted by Crippen LogP contribution is -3.00. The topological polar surface area (TPSA) is 65.0 Å². The van der Waals surface area contributed by atoms with Gasteiger partial charge in [0, 0.05) is 0 Å². The fraction of sp³-hybridized carbons (Fsp3) is 0.769. The van der Waals surface area contributed by atoms with Gasteiger partial charge in [0.25, 0.3) is 0 Å². The van der Waals surface area contributed by atoms with Gasteiger partial charge in [-0.2, -0.15) is 0 Å². The van der Waals surface area contributed by atoms with Crippen LogP contribution in [-0.4, -0.2) is 80.4 Å². The number of aliphatic hydroxyl groups excluding tert-OH is 1. The molecule has 2 heterocycles. The summed E-state index contributed by atoms with van der Waals surface area (Å²) in [6, 6.07) is 0. The Balaban J connectivity index is 0.00000200. The van der Waals surface area contributed by atoms with Crippen LogP contribution < -0.4 is 17.0 Å². The lowest BCUT2D eigenvalue weighted by atomic mass is 10.1. The number of likely N-dealkylation sites (N-methyl/N-ethyl adjacent to an activating group) is 1. The molecule has 2 fully saturated rings. The van der Waals surface area contributed by atoms with Crippen molar-refractivity contribution < 1.29 is 45.6 Å². The third-order valence-electron chi connectivity index (χ3n) is 3.34. The third-order valence-corrected chi connectivity index (χ3v) is 3.34. The van der Waals surface area contributed by atoms with Gasteiger partial charge in [0.15, 0.2) is 12.6 Å². The van der Waals surface area contributed by atoms with E-state index in [1.54, 1.807) is 0 Å². The van der Waals surface area contributed by atoms with E-state index < -0.39 is 12.2 Å². The van der Waals surface area contributed by atoms with Crippen LogP contribution in [0.4, 0.5) is 0 Å². The Morgan fingerprint density at radius 2 is 2.05 bits per heavy atom. The lowest BCUT2D eigenvalue weighted by Gasteiger charge is -2.27. The van der Waals surface area contributed by atoms with Crippen molar-refractivity contribution in [2.75, 3.05) is 40.4 Å². The van der Waals surface area contributed by atoms with Gasteiger partial charge in [0.05, 0.1) is 27.3 Å². The van der Waals surface area contributed by atoms with Crippen molar-refractivity contribution >= 4 is 5.97 Å². The van der Waals surface area contributed by atoms with Gasteiger partial charge in [0.2, 0.25) is 0 Å². The smallest absolute Gasteiger partial charge is 0.362 e. The van der Waals surface area contributed by atoms with Gasteiger partial charge in [-0.1, -0.05) is 0 Å². The number of aliphatic hydroxyl groups is 1. The number of halogens is 1. The number of fused-ring (bicyclic) bond motifs is 1. The highest BCUT2D eigenvalue weighted by atomic mass is 79.9. The van der Waals surface area contributed by atoms with Crippen LogP contribution in [-0.2, 0) is 19.0 Å². The SMILES string of the molecule is C#CC[N+](C)(C)CC(=O)O[C@@H]1CO[C@H]2[C@@H]1OC[C@@H]2O.[Br-]. The lowest BCUT2D eigenvalue weighted by molar-refractivity contribution is -0.875.